The van der Waals surface area contributed by atoms with Gasteiger partial charge in [-0.2, -0.15) is 0 Å². The van der Waals surface area contributed by atoms with Gasteiger partial charge in [0.05, 0.1) is 0 Å². The molecular weight excluding hydrogens is 298 g/mol. The highest BCUT2D eigenvalue weighted by Crippen LogP contribution is 2.14. The lowest BCUT2D eigenvalue weighted by atomic mass is 10.0. The van der Waals surface area contributed by atoms with E-state index in [9.17, 15) is 14.4 Å². The number of benzene rings is 1. The van der Waals surface area contributed by atoms with Crippen molar-refractivity contribution >= 4 is 5.97 Å². The number of likely N-dealkylation sites (N-methyl/N-ethyl adjacent to an activating group) is 1. The van der Waals surface area contributed by atoms with Crippen LogP contribution in [-0.4, -0.2) is 46.1 Å². The maximum absolute atomic E-state index is 10.5. The van der Waals surface area contributed by atoms with E-state index in [1.165, 1.54) is 25.9 Å². The van der Waals surface area contributed by atoms with E-state index in [4.69, 9.17) is 5.11 Å². The van der Waals surface area contributed by atoms with Crippen LogP contribution in [0.3, 0.4) is 0 Å². The van der Waals surface area contributed by atoms with Crippen LogP contribution in [0.4, 0.5) is 0 Å². The van der Waals surface area contributed by atoms with Crippen LogP contribution in [0.5, 0.6) is 0 Å². The Morgan fingerprint density at radius 3 is 2.13 bits per heavy atom. The van der Waals surface area contributed by atoms with Gasteiger partial charge in [0.1, 0.15) is 5.69 Å². The topological polar surface area (TPSA) is 106 Å². The summed E-state index contributed by atoms with van der Waals surface area (Å²) in [4.78, 5) is 37.3. The minimum absolute atomic E-state index is 0.418. The van der Waals surface area contributed by atoms with Gasteiger partial charge in [0.25, 0.3) is 5.56 Å². The van der Waals surface area contributed by atoms with Crippen molar-refractivity contribution in [3.8, 4) is 0 Å². The average molecular weight is 317 g/mol. The number of nitrogens with one attached hydrogen (secondary N) is 2. The molecule has 0 fully saturated rings. The second-order valence-electron chi connectivity index (χ2n) is 5.38. The zero-order valence-corrected chi connectivity index (χ0v) is 12.8. The molecule has 0 spiro atoms. The molecular formula is C16H19N3O4. The zero-order chi connectivity index (χ0) is 16.8. The number of aromatic amines is 2. The molecule has 1 aromatic carbocycles. The van der Waals surface area contributed by atoms with Gasteiger partial charge < -0.3 is 15.0 Å². The molecule has 122 valence electrons. The summed E-state index contributed by atoms with van der Waals surface area (Å²) >= 11 is 0. The molecule has 7 heteroatoms. The first-order valence-corrected chi connectivity index (χ1v) is 7.28. The highest BCUT2D eigenvalue weighted by atomic mass is 16.4. The minimum atomic E-state index is -1.34. The van der Waals surface area contributed by atoms with Gasteiger partial charge in [-0.15, -0.1) is 0 Å². The fraction of sp³-hybridized carbons (Fsp3) is 0.312. The van der Waals surface area contributed by atoms with E-state index in [0.29, 0.717) is 0 Å². The van der Waals surface area contributed by atoms with Crippen molar-refractivity contribution in [2.75, 3.05) is 20.1 Å². The number of carboxylic acid groups (broad SMARTS) is 1. The normalized spacial score (nSPS) is 14.1. The first kappa shape index (κ1) is 16.7. The highest BCUT2D eigenvalue weighted by molar-refractivity contribution is 5.84. The Kier molecular flexibility index (Phi) is 5.48. The second kappa shape index (κ2) is 7.55. The molecule has 0 amide bonds. The van der Waals surface area contributed by atoms with E-state index < -0.39 is 22.9 Å². The predicted molar refractivity (Wildman–Crippen MR) is 86.0 cm³/mol. The smallest absolute Gasteiger partial charge is 0.352 e. The second-order valence-corrected chi connectivity index (χ2v) is 5.38. The van der Waals surface area contributed by atoms with Gasteiger partial charge in [-0.1, -0.05) is 24.3 Å². The molecule has 2 heterocycles. The summed E-state index contributed by atoms with van der Waals surface area (Å²) in [7, 11) is 2.20. The summed E-state index contributed by atoms with van der Waals surface area (Å²) in [6.07, 6.45) is 2.43. The summed E-state index contributed by atoms with van der Waals surface area (Å²) in [6, 6.07) is 9.60. The SMILES string of the molecule is CN1CCc2ccccc2CC1.O=C(O)c1cc(=O)[nH]c(=O)[nH]1. The minimum Gasteiger partial charge on any atom is -0.477 e. The molecule has 3 rings (SSSR count). The van der Waals surface area contributed by atoms with Crippen molar-refractivity contribution in [2.24, 2.45) is 0 Å². The first-order chi connectivity index (χ1) is 11.0. The maximum Gasteiger partial charge on any atom is 0.352 e. The lowest BCUT2D eigenvalue weighted by molar-refractivity contribution is 0.0689. The molecule has 23 heavy (non-hydrogen) atoms. The molecule has 1 aliphatic rings. The number of rotatable bonds is 1. The third-order valence-electron chi connectivity index (χ3n) is 3.63. The van der Waals surface area contributed by atoms with Crippen LogP contribution in [-0.2, 0) is 12.8 Å². The van der Waals surface area contributed by atoms with Crippen molar-refractivity contribution < 1.29 is 9.90 Å². The molecule has 0 unspecified atom stereocenters. The standard InChI is InChI=1S/C11H15N.C5H4N2O4/c1-12-8-6-10-4-2-3-5-11(10)7-9-12;8-3-1-2(4(9)10)6-5(11)7-3/h2-5H,6-9H2,1H3;1H,(H,9,10)(H2,6,7,8,11). The third-order valence-corrected chi connectivity index (χ3v) is 3.63. The van der Waals surface area contributed by atoms with Gasteiger partial charge in [0.2, 0.25) is 0 Å². The van der Waals surface area contributed by atoms with E-state index in [0.717, 1.165) is 6.07 Å². The molecule has 3 N–H and O–H groups in total. The Labute approximate surface area is 132 Å². The number of fused-ring (bicyclic) bond motifs is 1. The largest absolute Gasteiger partial charge is 0.477 e. The van der Waals surface area contributed by atoms with Gasteiger partial charge in [0.15, 0.2) is 0 Å². The zero-order valence-electron chi connectivity index (χ0n) is 12.8. The molecule has 0 bridgehead atoms. The summed E-state index contributed by atoms with van der Waals surface area (Å²) in [6.45, 7) is 2.41. The van der Waals surface area contributed by atoms with Gasteiger partial charge >= 0.3 is 11.7 Å². The van der Waals surface area contributed by atoms with Crippen molar-refractivity contribution in [3.63, 3.8) is 0 Å². The summed E-state index contributed by atoms with van der Waals surface area (Å²) in [5.41, 5.74) is 1.11. The lowest BCUT2D eigenvalue weighted by Gasteiger charge is -2.10. The monoisotopic (exact) mass is 317 g/mol. The Balaban J connectivity index is 0.000000168. The number of carboxylic acids is 1. The third kappa shape index (κ3) is 4.93. The molecule has 0 saturated carbocycles. The van der Waals surface area contributed by atoms with Crippen molar-refractivity contribution in [3.05, 3.63) is 68.0 Å². The van der Waals surface area contributed by atoms with E-state index in [2.05, 4.69) is 36.2 Å². The van der Waals surface area contributed by atoms with Gasteiger partial charge in [0, 0.05) is 19.2 Å². The van der Waals surface area contributed by atoms with Crippen molar-refractivity contribution in [1.29, 1.82) is 0 Å². The van der Waals surface area contributed by atoms with E-state index in [1.807, 2.05) is 9.97 Å². The number of carbonyl (C=O) groups is 1. The van der Waals surface area contributed by atoms with E-state index in [-0.39, 0.29) is 0 Å². The lowest BCUT2D eigenvalue weighted by Crippen LogP contribution is -2.24. The molecule has 1 aliphatic heterocycles. The van der Waals surface area contributed by atoms with Crippen LogP contribution in [0.1, 0.15) is 21.6 Å². The Morgan fingerprint density at radius 2 is 1.65 bits per heavy atom. The van der Waals surface area contributed by atoms with Crippen molar-refractivity contribution in [1.82, 2.24) is 14.9 Å². The number of aromatic carboxylic acids is 1. The molecule has 7 nitrogen and oxygen atoms in total. The van der Waals surface area contributed by atoms with Crippen LogP contribution in [0.15, 0.2) is 39.9 Å². The van der Waals surface area contributed by atoms with Gasteiger partial charge in [-0.05, 0) is 31.0 Å². The number of H-pyrrole nitrogens is 2. The van der Waals surface area contributed by atoms with Crippen LogP contribution < -0.4 is 11.2 Å². The fourth-order valence-electron chi connectivity index (χ4n) is 2.36. The van der Waals surface area contributed by atoms with E-state index >= 15 is 0 Å². The van der Waals surface area contributed by atoms with Crippen LogP contribution in [0, 0.1) is 0 Å². The highest BCUT2D eigenvalue weighted by Gasteiger charge is 2.09. The van der Waals surface area contributed by atoms with E-state index in [1.54, 1.807) is 11.1 Å². The summed E-state index contributed by atoms with van der Waals surface area (Å²) < 4.78 is 0. The van der Waals surface area contributed by atoms with Gasteiger partial charge in [-0.25, -0.2) is 9.59 Å². The van der Waals surface area contributed by atoms with Crippen LogP contribution in [0.25, 0.3) is 0 Å². The maximum atomic E-state index is 10.5. The predicted octanol–water partition coefficient (Wildman–Crippen LogP) is 0.478. The summed E-state index contributed by atoms with van der Waals surface area (Å²) in [5.74, 6) is -1.34. The Hall–Kier alpha value is -2.67. The van der Waals surface area contributed by atoms with Gasteiger partial charge in [-0.3, -0.25) is 9.78 Å². The number of hydrogen-bond acceptors (Lipinski definition) is 4. The van der Waals surface area contributed by atoms with Crippen LogP contribution in [0.2, 0.25) is 0 Å². The fourth-order valence-corrected chi connectivity index (χ4v) is 2.36. The number of hydrogen-bond donors (Lipinski definition) is 3. The summed E-state index contributed by atoms with van der Waals surface area (Å²) in [5, 5.41) is 8.31. The molecule has 2 aromatic rings. The number of aromatic nitrogens is 2. The van der Waals surface area contributed by atoms with Crippen molar-refractivity contribution in [2.45, 2.75) is 12.8 Å². The Morgan fingerprint density at radius 1 is 1.09 bits per heavy atom. The molecule has 0 aliphatic carbocycles. The van der Waals surface area contributed by atoms with Crippen LogP contribution >= 0.6 is 0 Å². The quantitative estimate of drug-likeness (QED) is 0.709. The first-order valence-electron chi connectivity index (χ1n) is 7.28. The Bertz CT molecular complexity index is 739. The number of nitrogens with zero attached hydrogens (tertiary/aromatic N) is 1. The molecule has 0 radical (unpaired) electrons. The molecule has 0 atom stereocenters. The molecule has 0 saturated heterocycles. The molecule has 1 aromatic heterocycles. The average Bonchev–Trinajstić information content (AvgIpc) is 2.69.